The highest BCUT2D eigenvalue weighted by molar-refractivity contribution is 5.76. The number of carboxylic acids is 1. The molecule has 13 heavy (non-hydrogen) atoms. The molecule has 1 aliphatic carbocycles. The molecule has 3 heteroatoms. The molecule has 0 bridgehead atoms. The van der Waals surface area contributed by atoms with E-state index in [0.717, 1.165) is 19.3 Å². The van der Waals surface area contributed by atoms with Gasteiger partial charge in [0.15, 0.2) is 0 Å². The molecule has 1 rings (SSSR count). The summed E-state index contributed by atoms with van der Waals surface area (Å²) >= 11 is 0. The average molecular weight is 185 g/mol. The normalized spacial score (nSPS) is 20.4. The number of hydrogen-bond donors (Lipinski definition) is 1. The van der Waals surface area contributed by atoms with Crippen molar-refractivity contribution in [3.8, 4) is 0 Å². The predicted molar refractivity (Wildman–Crippen MR) is 51.7 cm³/mol. The molecule has 0 spiro atoms. The smallest absolute Gasteiger partial charge is 0.310 e. The third kappa shape index (κ3) is 2.02. The Morgan fingerprint density at radius 1 is 1.54 bits per heavy atom. The minimum Gasteiger partial charge on any atom is -0.481 e. The molecule has 0 radical (unpaired) electrons. The van der Waals surface area contributed by atoms with Crippen LogP contribution >= 0.6 is 0 Å². The number of nitrogens with zero attached hydrogens (tertiary/aromatic N) is 1. The van der Waals surface area contributed by atoms with Crippen molar-refractivity contribution in [2.24, 2.45) is 5.41 Å². The predicted octanol–water partition coefficient (Wildman–Crippen LogP) is 1.58. The summed E-state index contributed by atoms with van der Waals surface area (Å²) < 4.78 is 0. The van der Waals surface area contributed by atoms with Crippen LogP contribution in [-0.2, 0) is 4.79 Å². The number of hydrogen-bond acceptors (Lipinski definition) is 2. The number of carboxylic acid groups (broad SMARTS) is 1. The van der Waals surface area contributed by atoms with Gasteiger partial charge in [-0.05, 0) is 33.7 Å². The topological polar surface area (TPSA) is 40.5 Å². The third-order valence-electron chi connectivity index (χ3n) is 3.20. The van der Waals surface area contributed by atoms with E-state index in [1.807, 2.05) is 7.05 Å². The van der Waals surface area contributed by atoms with Crippen LogP contribution < -0.4 is 0 Å². The molecular weight excluding hydrogens is 166 g/mol. The van der Waals surface area contributed by atoms with Gasteiger partial charge >= 0.3 is 5.97 Å². The summed E-state index contributed by atoms with van der Waals surface area (Å²) in [5.41, 5.74) is -0.432. The van der Waals surface area contributed by atoms with Gasteiger partial charge in [0, 0.05) is 12.6 Å². The van der Waals surface area contributed by atoms with Crippen molar-refractivity contribution in [3.05, 3.63) is 0 Å². The Morgan fingerprint density at radius 2 is 2.08 bits per heavy atom. The van der Waals surface area contributed by atoms with E-state index in [4.69, 9.17) is 5.11 Å². The standard InChI is InChI=1S/C10H19NO2/c1-8(2)11(3)7-10(9(12)13)5-4-6-10/h8H,4-7H2,1-3H3,(H,12,13). The van der Waals surface area contributed by atoms with Crippen molar-refractivity contribution < 1.29 is 9.90 Å². The molecule has 0 amide bonds. The monoisotopic (exact) mass is 185 g/mol. The fourth-order valence-electron chi connectivity index (χ4n) is 1.70. The minimum atomic E-state index is -0.619. The van der Waals surface area contributed by atoms with Gasteiger partial charge in [0.1, 0.15) is 0 Å². The zero-order chi connectivity index (χ0) is 10.1. The molecular formula is C10H19NO2. The molecule has 3 nitrogen and oxygen atoms in total. The highest BCUT2D eigenvalue weighted by Crippen LogP contribution is 2.41. The maximum Gasteiger partial charge on any atom is 0.310 e. The zero-order valence-electron chi connectivity index (χ0n) is 8.71. The first kappa shape index (κ1) is 10.5. The zero-order valence-corrected chi connectivity index (χ0v) is 8.71. The van der Waals surface area contributed by atoms with Gasteiger partial charge in [-0.2, -0.15) is 0 Å². The number of aliphatic carboxylic acids is 1. The number of carbonyl (C=O) groups is 1. The molecule has 0 unspecified atom stereocenters. The van der Waals surface area contributed by atoms with E-state index in [9.17, 15) is 4.79 Å². The van der Waals surface area contributed by atoms with Crippen molar-refractivity contribution in [1.82, 2.24) is 4.90 Å². The van der Waals surface area contributed by atoms with E-state index in [0.29, 0.717) is 12.6 Å². The van der Waals surface area contributed by atoms with Crippen LogP contribution in [0.5, 0.6) is 0 Å². The van der Waals surface area contributed by atoms with Crippen molar-refractivity contribution in [3.63, 3.8) is 0 Å². The Kier molecular flexibility index (Phi) is 2.96. The van der Waals surface area contributed by atoms with Crippen LogP contribution in [0.25, 0.3) is 0 Å². The second-order valence-corrected chi connectivity index (χ2v) is 4.45. The van der Waals surface area contributed by atoms with Crippen LogP contribution in [0, 0.1) is 5.41 Å². The Morgan fingerprint density at radius 3 is 2.31 bits per heavy atom. The fraction of sp³-hybridized carbons (Fsp3) is 0.900. The van der Waals surface area contributed by atoms with Gasteiger partial charge in [0.05, 0.1) is 5.41 Å². The van der Waals surface area contributed by atoms with E-state index < -0.39 is 11.4 Å². The summed E-state index contributed by atoms with van der Waals surface area (Å²) in [6.07, 6.45) is 2.76. The van der Waals surface area contributed by atoms with Crippen LogP contribution in [-0.4, -0.2) is 35.6 Å². The Hall–Kier alpha value is -0.570. The average Bonchev–Trinajstić information content (AvgIpc) is 1.95. The van der Waals surface area contributed by atoms with Gasteiger partial charge in [0.25, 0.3) is 0 Å². The second-order valence-electron chi connectivity index (χ2n) is 4.45. The van der Waals surface area contributed by atoms with Gasteiger partial charge in [-0.3, -0.25) is 4.79 Å². The number of rotatable bonds is 4. The lowest BCUT2D eigenvalue weighted by molar-refractivity contribution is -0.156. The fourth-order valence-corrected chi connectivity index (χ4v) is 1.70. The van der Waals surface area contributed by atoms with Crippen LogP contribution in [0.2, 0.25) is 0 Å². The molecule has 0 heterocycles. The summed E-state index contributed by atoms with van der Waals surface area (Å²) in [6.45, 7) is 4.88. The minimum absolute atomic E-state index is 0.428. The lowest BCUT2D eigenvalue weighted by Gasteiger charge is -2.41. The third-order valence-corrected chi connectivity index (χ3v) is 3.20. The molecule has 0 atom stereocenters. The Bertz CT molecular complexity index is 197. The van der Waals surface area contributed by atoms with Gasteiger partial charge in [0.2, 0.25) is 0 Å². The molecule has 1 saturated carbocycles. The van der Waals surface area contributed by atoms with Gasteiger partial charge in [-0.1, -0.05) is 6.42 Å². The quantitative estimate of drug-likeness (QED) is 0.723. The van der Waals surface area contributed by atoms with Crippen LogP contribution in [0.4, 0.5) is 0 Å². The lowest BCUT2D eigenvalue weighted by atomic mass is 9.68. The first-order valence-electron chi connectivity index (χ1n) is 4.91. The first-order chi connectivity index (χ1) is 5.98. The molecule has 0 aromatic heterocycles. The van der Waals surface area contributed by atoms with Crippen molar-refractivity contribution in [1.29, 1.82) is 0 Å². The molecule has 1 fully saturated rings. The van der Waals surface area contributed by atoms with Crippen molar-refractivity contribution in [2.45, 2.75) is 39.2 Å². The SMILES string of the molecule is CC(C)N(C)CC1(C(=O)O)CCC1. The molecule has 0 aromatic carbocycles. The van der Waals surface area contributed by atoms with Gasteiger partial charge in [-0.15, -0.1) is 0 Å². The van der Waals surface area contributed by atoms with Crippen LogP contribution in [0.15, 0.2) is 0 Å². The molecule has 0 aromatic rings. The lowest BCUT2D eigenvalue weighted by Crippen LogP contribution is -2.48. The molecule has 1 N–H and O–H groups in total. The molecule has 76 valence electrons. The summed E-state index contributed by atoms with van der Waals surface area (Å²) in [5, 5.41) is 9.09. The molecule has 1 aliphatic rings. The van der Waals surface area contributed by atoms with E-state index in [1.54, 1.807) is 0 Å². The highest BCUT2D eigenvalue weighted by Gasteiger charge is 2.45. The van der Waals surface area contributed by atoms with Crippen LogP contribution in [0.1, 0.15) is 33.1 Å². The van der Waals surface area contributed by atoms with Crippen LogP contribution in [0.3, 0.4) is 0 Å². The van der Waals surface area contributed by atoms with E-state index in [1.165, 1.54) is 0 Å². The molecule has 0 aliphatic heterocycles. The largest absolute Gasteiger partial charge is 0.481 e. The van der Waals surface area contributed by atoms with Crippen molar-refractivity contribution >= 4 is 5.97 Å². The Balaban J connectivity index is 2.54. The second kappa shape index (κ2) is 3.66. The first-order valence-corrected chi connectivity index (χ1v) is 4.91. The maximum absolute atomic E-state index is 11.0. The van der Waals surface area contributed by atoms with Crippen molar-refractivity contribution in [2.75, 3.05) is 13.6 Å². The van der Waals surface area contributed by atoms with Gasteiger partial charge in [-0.25, -0.2) is 0 Å². The van der Waals surface area contributed by atoms with E-state index in [-0.39, 0.29) is 0 Å². The summed E-state index contributed by atoms with van der Waals surface area (Å²) in [5.74, 6) is -0.619. The van der Waals surface area contributed by atoms with E-state index in [2.05, 4.69) is 18.7 Å². The summed E-state index contributed by atoms with van der Waals surface area (Å²) in [4.78, 5) is 13.2. The maximum atomic E-state index is 11.0. The Labute approximate surface area is 79.7 Å². The molecule has 0 saturated heterocycles. The highest BCUT2D eigenvalue weighted by atomic mass is 16.4. The summed E-state index contributed by atoms with van der Waals surface area (Å²) in [7, 11) is 1.99. The van der Waals surface area contributed by atoms with E-state index >= 15 is 0 Å². The van der Waals surface area contributed by atoms with Gasteiger partial charge < -0.3 is 10.0 Å². The summed E-state index contributed by atoms with van der Waals surface area (Å²) in [6, 6.07) is 0.428.